The lowest BCUT2D eigenvalue weighted by molar-refractivity contribution is -0.133. The number of piperidine rings is 1. The molecule has 3 fully saturated rings. The molecule has 0 bridgehead atoms. The number of aryl methyl sites for hydroxylation is 1. The van der Waals surface area contributed by atoms with Gasteiger partial charge in [0, 0.05) is 69.4 Å². The molecule has 0 radical (unpaired) electrons. The van der Waals surface area contributed by atoms with E-state index in [2.05, 4.69) is 10.00 Å². The molecular weight excluding hydrogens is 588 g/mol. The van der Waals surface area contributed by atoms with Crippen LogP contribution >= 0.6 is 11.6 Å². The van der Waals surface area contributed by atoms with E-state index in [-0.39, 0.29) is 23.6 Å². The van der Waals surface area contributed by atoms with Crippen molar-refractivity contribution in [2.24, 2.45) is 17.8 Å². The van der Waals surface area contributed by atoms with Gasteiger partial charge < -0.3 is 19.6 Å². The van der Waals surface area contributed by atoms with Gasteiger partial charge >= 0.3 is 0 Å². The van der Waals surface area contributed by atoms with Gasteiger partial charge in [-0.25, -0.2) is 4.68 Å². The van der Waals surface area contributed by atoms with Crippen molar-refractivity contribution in [2.45, 2.75) is 40.0 Å². The Hall–Kier alpha value is -3.69. The zero-order chi connectivity index (χ0) is 31.7. The van der Waals surface area contributed by atoms with Crippen LogP contribution in [0.5, 0.6) is 0 Å². The second-order valence-electron chi connectivity index (χ2n) is 12.9. The fourth-order valence-electron chi connectivity index (χ4n) is 7.29. The Morgan fingerprint density at radius 1 is 0.933 bits per heavy atom. The molecule has 6 rings (SSSR count). The SMILES string of the molecule is CC(=O)N1CCC(C(=O)N(CCCN2CC3CN(C(=O)c4cnn(-c5ccccc5)c4C)CC3C2)c2ccc(C)c(Cl)c2)CC1. The Labute approximate surface area is 270 Å². The second kappa shape index (κ2) is 13.3. The highest BCUT2D eigenvalue weighted by Crippen LogP contribution is 2.33. The predicted octanol–water partition coefficient (Wildman–Crippen LogP) is 4.83. The molecule has 4 heterocycles. The van der Waals surface area contributed by atoms with Crippen LogP contribution in [-0.2, 0) is 9.59 Å². The fraction of sp³-hybridized carbons (Fsp3) is 0.486. The summed E-state index contributed by atoms with van der Waals surface area (Å²) in [6.07, 6.45) is 3.92. The lowest BCUT2D eigenvalue weighted by Crippen LogP contribution is -2.44. The fourth-order valence-corrected chi connectivity index (χ4v) is 7.46. The molecule has 2 unspecified atom stereocenters. The number of carbonyl (C=O) groups is 3. The van der Waals surface area contributed by atoms with Gasteiger partial charge in [0.1, 0.15) is 0 Å². The standard InChI is InChI=1S/C35H43ClN6O3/c1-24-10-11-31(18-33(24)36)41(34(44)27-12-16-39(17-13-27)26(3)43)15-7-14-38-20-28-22-40(23-29(28)21-38)35(45)32-19-37-42(25(32)2)30-8-5-4-6-9-30/h4-6,8-11,18-19,27-29H,7,12-17,20-23H2,1-3H3. The van der Waals surface area contributed by atoms with Crippen LogP contribution in [0.3, 0.4) is 0 Å². The average molecular weight is 631 g/mol. The quantitative estimate of drug-likeness (QED) is 0.356. The van der Waals surface area contributed by atoms with Gasteiger partial charge in [0.05, 0.1) is 23.1 Å². The predicted molar refractivity (Wildman–Crippen MR) is 176 cm³/mol. The first kappa shape index (κ1) is 31.3. The van der Waals surface area contributed by atoms with Crippen LogP contribution in [0, 0.1) is 31.6 Å². The summed E-state index contributed by atoms with van der Waals surface area (Å²) in [7, 11) is 0. The van der Waals surface area contributed by atoms with Crippen LogP contribution in [0.25, 0.3) is 5.69 Å². The van der Waals surface area contributed by atoms with E-state index in [9.17, 15) is 14.4 Å². The number of rotatable bonds is 8. The summed E-state index contributed by atoms with van der Waals surface area (Å²) in [6, 6.07) is 15.8. The largest absolute Gasteiger partial charge is 0.343 e. The summed E-state index contributed by atoms with van der Waals surface area (Å²) in [5.74, 6) is 1.07. The zero-order valence-electron chi connectivity index (χ0n) is 26.5. The van der Waals surface area contributed by atoms with E-state index in [4.69, 9.17) is 11.6 Å². The topological polar surface area (TPSA) is 82.0 Å². The summed E-state index contributed by atoms with van der Waals surface area (Å²) >= 11 is 6.48. The van der Waals surface area contributed by atoms with Gasteiger partial charge in [-0.2, -0.15) is 5.10 Å². The molecule has 0 N–H and O–H groups in total. The number of hydrogen-bond donors (Lipinski definition) is 0. The molecular formula is C35H43ClN6O3. The highest BCUT2D eigenvalue weighted by atomic mass is 35.5. The van der Waals surface area contributed by atoms with E-state index >= 15 is 0 Å². The van der Waals surface area contributed by atoms with E-state index in [1.807, 2.05) is 81.8 Å². The number of hydrogen-bond acceptors (Lipinski definition) is 5. The number of amides is 3. The molecule has 0 saturated carbocycles. The first-order valence-electron chi connectivity index (χ1n) is 16.1. The van der Waals surface area contributed by atoms with Gasteiger partial charge in [0.15, 0.2) is 0 Å². The Balaban J connectivity index is 1.03. The summed E-state index contributed by atoms with van der Waals surface area (Å²) in [4.78, 5) is 47.3. The maximum atomic E-state index is 13.8. The van der Waals surface area contributed by atoms with Crippen molar-refractivity contribution in [3.8, 4) is 5.69 Å². The first-order valence-corrected chi connectivity index (χ1v) is 16.5. The minimum absolute atomic E-state index is 0.0654. The number of halogens is 1. The number of aromatic nitrogens is 2. The maximum absolute atomic E-state index is 13.8. The van der Waals surface area contributed by atoms with Crippen molar-refractivity contribution in [1.29, 1.82) is 0 Å². The van der Waals surface area contributed by atoms with Crippen molar-refractivity contribution >= 4 is 35.0 Å². The normalized spacial score (nSPS) is 20.4. The van der Waals surface area contributed by atoms with E-state index in [1.54, 1.807) is 13.1 Å². The van der Waals surface area contributed by atoms with Crippen molar-refractivity contribution in [3.05, 3.63) is 76.6 Å². The Morgan fingerprint density at radius 3 is 2.27 bits per heavy atom. The molecule has 3 aliphatic rings. The molecule has 3 amide bonds. The number of para-hydroxylation sites is 1. The number of likely N-dealkylation sites (tertiary alicyclic amines) is 3. The molecule has 45 heavy (non-hydrogen) atoms. The summed E-state index contributed by atoms with van der Waals surface area (Å²) < 4.78 is 1.83. The minimum Gasteiger partial charge on any atom is -0.343 e. The number of nitrogens with zero attached hydrogens (tertiary/aromatic N) is 6. The molecule has 3 aliphatic heterocycles. The Bertz CT molecular complexity index is 1540. The lowest BCUT2D eigenvalue weighted by Gasteiger charge is -2.34. The van der Waals surface area contributed by atoms with Crippen molar-refractivity contribution in [2.75, 3.05) is 57.3 Å². The average Bonchev–Trinajstić information content (AvgIpc) is 3.74. The van der Waals surface area contributed by atoms with E-state index in [0.29, 0.717) is 54.9 Å². The lowest BCUT2D eigenvalue weighted by atomic mass is 9.94. The first-order chi connectivity index (χ1) is 21.7. The third-order valence-electron chi connectivity index (χ3n) is 9.97. The van der Waals surface area contributed by atoms with E-state index in [0.717, 1.165) is 61.8 Å². The molecule has 0 spiro atoms. The molecule has 3 saturated heterocycles. The molecule has 2 atom stereocenters. The van der Waals surface area contributed by atoms with Gasteiger partial charge in [-0.05, 0) is 81.3 Å². The van der Waals surface area contributed by atoms with Gasteiger partial charge in [0.25, 0.3) is 5.91 Å². The Kier molecular flexibility index (Phi) is 9.28. The summed E-state index contributed by atoms with van der Waals surface area (Å²) in [6.45, 7) is 11.7. The number of anilines is 1. The molecule has 1 aromatic heterocycles. The Morgan fingerprint density at radius 2 is 1.62 bits per heavy atom. The molecule has 238 valence electrons. The van der Waals surface area contributed by atoms with Gasteiger partial charge in [-0.1, -0.05) is 35.9 Å². The molecule has 3 aromatic rings. The van der Waals surface area contributed by atoms with Crippen molar-refractivity contribution in [1.82, 2.24) is 24.5 Å². The van der Waals surface area contributed by atoms with Crippen LogP contribution in [0.1, 0.15) is 47.8 Å². The van der Waals surface area contributed by atoms with Gasteiger partial charge in [-0.3, -0.25) is 14.4 Å². The second-order valence-corrected chi connectivity index (χ2v) is 13.3. The van der Waals surface area contributed by atoms with E-state index < -0.39 is 0 Å². The third-order valence-corrected chi connectivity index (χ3v) is 10.4. The highest BCUT2D eigenvalue weighted by molar-refractivity contribution is 6.31. The van der Waals surface area contributed by atoms with Crippen molar-refractivity contribution in [3.63, 3.8) is 0 Å². The summed E-state index contributed by atoms with van der Waals surface area (Å²) in [5, 5.41) is 5.16. The molecule has 10 heteroatoms. The zero-order valence-corrected chi connectivity index (χ0v) is 27.2. The monoisotopic (exact) mass is 630 g/mol. The van der Waals surface area contributed by atoms with Gasteiger partial charge in [0.2, 0.25) is 11.8 Å². The number of fused-ring (bicyclic) bond motifs is 1. The highest BCUT2D eigenvalue weighted by Gasteiger charge is 2.42. The maximum Gasteiger partial charge on any atom is 0.257 e. The van der Waals surface area contributed by atoms with Crippen LogP contribution in [0.4, 0.5) is 5.69 Å². The molecule has 9 nitrogen and oxygen atoms in total. The van der Waals surface area contributed by atoms with E-state index in [1.165, 1.54) is 0 Å². The van der Waals surface area contributed by atoms with Crippen LogP contribution < -0.4 is 4.90 Å². The smallest absolute Gasteiger partial charge is 0.257 e. The minimum atomic E-state index is -0.0984. The van der Waals surface area contributed by atoms with Gasteiger partial charge in [-0.15, -0.1) is 0 Å². The van der Waals surface area contributed by atoms with Crippen LogP contribution in [0.15, 0.2) is 54.7 Å². The molecule has 2 aromatic carbocycles. The summed E-state index contributed by atoms with van der Waals surface area (Å²) in [5.41, 5.74) is 4.31. The molecule has 0 aliphatic carbocycles. The third kappa shape index (κ3) is 6.65. The number of benzene rings is 2. The van der Waals surface area contributed by atoms with Crippen molar-refractivity contribution < 1.29 is 14.4 Å². The number of carbonyl (C=O) groups excluding carboxylic acids is 3. The van der Waals surface area contributed by atoms with Crippen LogP contribution in [0.2, 0.25) is 5.02 Å². The van der Waals surface area contributed by atoms with Crippen LogP contribution in [-0.4, -0.2) is 94.6 Å².